The molecule has 0 unspecified atom stereocenters. The molecule has 0 atom stereocenters. The summed E-state index contributed by atoms with van der Waals surface area (Å²) in [4.78, 5) is 11.9. The minimum absolute atomic E-state index is 0.0826. The molecule has 2 rings (SSSR count). The molecule has 1 saturated carbocycles. The number of rotatable bonds is 4. The molecule has 1 aromatic carbocycles. The molecule has 1 amide bonds. The van der Waals surface area contributed by atoms with E-state index in [2.05, 4.69) is 21.2 Å². The molecule has 0 aromatic heterocycles. The van der Waals surface area contributed by atoms with Crippen molar-refractivity contribution in [1.82, 2.24) is 5.32 Å². The van der Waals surface area contributed by atoms with E-state index in [1.165, 1.54) is 0 Å². The molecule has 2 N–H and O–H groups in total. The Bertz CT molecular complexity index is 446. The smallest absolute Gasteiger partial charge is 0.252 e. The first-order chi connectivity index (χ1) is 8.06. The third-order valence-corrected chi connectivity index (χ3v) is 4.02. The second-order valence-corrected chi connectivity index (χ2v) is 5.76. The highest BCUT2D eigenvalue weighted by molar-refractivity contribution is 9.10. The van der Waals surface area contributed by atoms with E-state index < -0.39 is 0 Å². The predicted octanol–water partition coefficient (Wildman–Crippen LogP) is 2.60. The average molecular weight is 319 g/mol. The standard InChI is InChI=1S/C12H13BrClNO2/c13-10-2-1-8(14)5-9(10)11(17)15-6-12(7-16)3-4-12/h1-2,5,16H,3-4,6-7H2,(H,15,17). The van der Waals surface area contributed by atoms with Gasteiger partial charge in [-0.2, -0.15) is 0 Å². The molecule has 5 heteroatoms. The van der Waals surface area contributed by atoms with Crippen LogP contribution in [0.4, 0.5) is 0 Å². The van der Waals surface area contributed by atoms with E-state index in [-0.39, 0.29) is 17.9 Å². The molecule has 1 fully saturated rings. The molecule has 0 bridgehead atoms. The Hall–Kier alpha value is -0.580. The molecule has 1 aliphatic rings. The van der Waals surface area contributed by atoms with Gasteiger partial charge in [0.2, 0.25) is 0 Å². The van der Waals surface area contributed by atoms with Crippen molar-refractivity contribution in [1.29, 1.82) is 0 Å². The van der Waals surface area contributed by atoms with E-state index in [0.29, 0.717) is 21.6 Å². The monoisotopic (exact) mass is 317 g/mol. The third-order valence-electron chi connectivity index (χ3n) is 3.09. The van der Waals surface area contributed by atoms with Gasteiger partial charge in [-0.05, 0) is 47.0 Å². The van der Waals surface area contributed by atoms with Crippen LogP contribution in [0.25, 0.3) is 0 Å². The summed E-state index contributed by atoms with van der Waals surface area (Å²) in [6.07, 6.45) is 1.95. The molecule has 0 spiro atoms. The summed E-state index contributed by atoms with van der Waals surface area (Å²) in [7, 11) is 0. The number of nitrogens with one attached hydrogen (secondary N) is 1. The van der Waals surface area contributed by atoms with Crippen molar-refractivity contribution in [3.8, 4) is 0 Å². The number of halogens is 2. The van der Waals surface area contributed by atoms with E-state index in [1.807, 2.05) is 0 Å². The fraction of sp³-hybridized carbons (Fsp3) is 0.417. The third kappa shape index (κ3) is 3.00. The van der Waals surface area contributed by atoms with Crippen molar-refractivity contribution >= 4 is 33.4 Å². The second-order valence-electron chi connectivity index (χ2n) is 4.46. The van der Waals surface area contributed by atoms with Crippen LogP contribution in [0.15, 0.2) is 22.7 Å². The fourth-order valence-electron chi connectivity index (χ4n) is 1.60. The van der Waals surface area contributed by atoms with Gasteiger partial charge in [0, 0.05) is 21.5 Å². The molecular weight excluding hydrogens is 305 g/mol. The van der Waals surface area contributed by atoms with Crippen LogP contribution in [0.1, 0.15) is 23.2 Å². The number of aliphatic hydroxyl groups excluding tert-OH is 1. The van der Waals surface area contributed by atoms with Gasteiger partial charge in [-0.1, -0.05) is 11.6 Å². The predicted molar refractivity (Wildman–Crippen MR) is 70.2 cm³/mol. The number of carbonyl (C=O) groups excluding carboxylic acids is 1. The van der Waals surface area contributed by atoms with Crippen LogP contribution in [-0.4, -0.2) is 24.2 Å². The van der Waals surface area contributed by atoms with E-state index in [9.17, 15) is 4.79 Å². The van der Waals surface area contributed by atoms with Crippen LogP contribution in [0.2, 0.25) is 5.02 Å². The van der Waals surface area contributed by atoms with Crippen LogP contribution in [0.3, 0.4) is 0 Å². The Morgan fingerprint density at radius 1 is 1.53 bits per heavy atom. The number of hydrogen-bond acceptors (Lipinski definition) is 2. The Balaban J connectivity index is 2.02. The zero-order valence-corrected chi connectivity index (χ0v) is 11.5. The Morgan fingerprint density at radius 2 is 2.24 bits per heavy atom. The first kappa shape index (κ1) is 12.9. The van der Waals surface area contributed by atoms with Gasteiger partial charge in [-0.3, -0.25) is 4.79 Å². The van der Waals surface area contributed by atoms with Crippen molar-refractivity contribution in [2.45, 2.75) is 12.8 Å². The van der Waals surface area contributed by atoms with E-state index in [4.69, 9.17) is 16.7 Å². The molecule has 92 valence electrons. The lowest BCUT2D eigenvalue weighted by atomic mass is 10.1. The SMILES string of the molecule is O=C(NCC1(CO)CC1)c1cc(Cl)ccc1Br. The summed E-state index contributed by atoms with van der Waals surface area (Å²) in [6.45, 7) is 0.644. The topological polar surface area (TPSA) is 49.3 Å². The van der Waals surface area contributed by atoms with Crippen molar-refractivity contribution in [3.05, 3.63) is 33.3 Å². The van der Waals surface area contributed by atoms with Gasteiger partial charge in [0.25, 0.3) is 5.91 Å². The summed E-state index contributed by atoms with van der Waals surface area (Å²) in [5.41, 5.74) is 0.437. The lowest BCUT2D eigenvalue weighted by molar-refractivity contribution is 0.0934. The highest BCUT2D eigenvalue weighted by atomic mass is 79.9. The molecular formula is C12H13BrClNO2. The van der Waals surface area contributed by atoms with E-state index >= 15 is 0 Å². The number of benzene rings is 1. The minimum Gasteiger partial charge on any atom is -0.396 e. The molecule has 0 saturated heterocycles. The first-order valence-corrected chi connectivity index (χ1v) is 6.58. The highest BCUT2D eigenvalue weighted by Crippen LogP contribution is 2.44. The van der Waals surface area contributed by atoms with Crippen LogP contribution in [-0.2, 0) is 0 Å². The maximum atomic E-state index is 11.9. The average Bonchev–Trinajstić information content (AvgIpc) is 3.10. The van der Waals surface area contributed by atoms with Crippen molar-refractivity contribution < 1.29 is 9.90 Å². The van der Waals surface area contributed by atoms with Gasteiger partial charge in [0.1, 0.15) is 0 Å². The van der Waals surface area contributed by atoms with Crippen LogP contribution in [0.5, 0.6) is 0 Å². The van der Waals surface area contributed by atoms with Gasteiger partial charge in [-0.15, -0.1) is 0 Å². The van der Waals surface area contributed by atoms with Gasteiger partial charge in [-0.25, -0.2) is 0 Å². The normalized spacial score (nSPS) is 16.6. The molecule has 1 aromatic rings. The Morgan fingerprint density at radius 3 is 2.82 bits per heavy atom. The quantitative estimate of drug-likeness (QED) is 0.896. The maximum absolute atomic E-state index is 11.9. The van der Waals surface area contributed by atoms with Crippen LogP contribution < -0.4 is 5.32 Å². The van der Waals surface area contributed by atoms with Crippen molar-refractivity contribution in [3.63, 3.8) is 0 Å². The molecule has 0 radical (unpaired) electrons. The fourth-order valence-corrected chi connectivity index (χ4v) is 2.20. The number of carbonyl (C=O) groups is 1. The zero-order valence-electron chi connectivity index (χ0n) is 9.17. The van der Waals surface area contributed by atoms with Crippen molar-refractivity contribution in [2.24, 2.45) is 5.41 Å². The number of hydrogen-bond donors (Lipinski definition) is 2. The highest BCUT2D eigenvalue weighted by Gasteiger charge is 2.42. The summed E-state index contributed by atoms with van der Waals surface area (Å²) < 4.78 is 0.716. The zero-order chi connectivity index (χ0) is 12.5. The largest absolute Gasteiger partial charge is 0.396 e. The summed E-state index contributed by atoms with van der Waals surface area (Å²) >= 11 is 9.17. The Labute approximate surface area is 113 Å². The lowest BCUT2D eigenvalue weighted by Gasteiger charge is -2.13. The number of aliphatic hydroxyl groups is 1. The maximum Gasteiger partial charge on any atom is 0.252 e. The first-order valence-electron chi connectivity index (χ1n) is 5.40. The van der Waals surface area contributed by atoms with E-state index in [0.717, 1.165) is 12.8 Å². The van der Waals surface area contributed by atoms with Gasteiger partial charge in [0.15, 0.2) is 0 Å². The van der Waals surface area contributed by atoms with Gasteiger partial charge < -0.3 is 10.4 Å². The van der Waals surface area contributed by atoms with Crippen LogP contribution in [0, 0.1) is 5.41 Å². The van der Waals surface area contributed by atoms with Gasteiger partial charge in [0.05, 0.1) is 12.2 Å². The molecule has 1 aliphatic carbocycles. The Kier molecular flexibility index (Phi) is 3.76. The summed E-state index contributed by atoms with van der Waals surface area (Å²) in [5, 5.41) is 12.5. The second kappa shape index (κ2) is 4.96. The summed E-state index contributed by atoms with van der Waals surface area (Å²) in [6, 6.07) is 5.09. The van der Waals surface area contributed by atoms with Gasteiger partial charge >= 0.3 is 0 Å². The lowest BCUT2D eigenvalue weighted by Crippen LogP contribution is -2.32. The van der Waals surface area contributed by atoms with Crippen LogP contribution >= 0.6 is 27.5 Å². The van der Waals surface area contributed by atoms with Crippen molar-refractivity contribution in [2.75, 3.05) is 13.2 Å². The molecule has 0 aliphatic heterocycles. The summed E-state index contributed by atoms with van der Waals surface area (Å²) in [5.74, 6) is -0.167. The molecule has 3 nitrogen and oxygen atoms in total. The molecule has 17 heavy (non-hydrogen) atoms. The minimum atomic E-state index is -0.167. The molecule has 0 heterocycles. The number of amides is 1. The van der Waals surface area contributed by atoms with E-state index in [1.54, 1.807) is 18.2 Å².